The smallest absolute Gasteiger partial charge is 0.257 e. The Morgan fingerprint density at radius 3 is 1.50 bits per heavy atom. The Hall–Kier alpha value is 0.0249. The highest BCUT2D eigenvalue weighted by Crippen LogP contribution is 2.01. The minimum atomic E-state index is 0.0417. The van der Waals surface area contributed by atoms with Crippen molar-refractivity contribution in [2.45, 2.75) is 26.4 Å². The minimum absolute atomic E-state index is 0.0417. The van der Waals surface area contributed by atoms with E-state index in [4.69, 9.17) is 4.65 Å². The van der Waals surface area contributed by atoms with Gasteiger partial charge in [0, 0.05) is 5.60 Å². The van der Waals surface area contributed by atoms with Crippen molar-refractivity contribution < 1.29 is 4.65 Å². The zero-order chi connectivity index (χ0) is 5.21. The first-order valence-corrected chi connectivity index (χ1v) is 2.11. The fraction of sp³-hybridized carbons (Fsp3) is 1.00. The molecule has 2 heteroatoms. The van der Waals surface area contributed by atoms with E-state index in [0.717, 1.165) is 0 Å². The van der Waals surface area contributed by atoms with Crippen LogP contribution >= 0.6 is 0 Å². The van der Waals surface area contributed by atoms with E-state index in [2.05, 4.69) is 0 Å². The molecule has 0 radical (unpaired) electrons. The highest BCUT2D eigenvalue weighted by Gasteiger charge is 2.03. The van der Waals surface area contributed by atoms with Crippen molar-refractivity contribution in [1.82, 2.24) is 0 Å². The lowest BCUT2D eigenvalue weighted by molar-refractivity contribution is 0.147. The van der Waals surface area contributed by atoms with Crippen LogP contribution in [0.15, 0.2) is 0 Å². The first-order chi connectivity index (χ1) is 2.56. The molecule has 0 saturated carbocycles. The maximum absolute atomic E-state index is 4.94. The van der Waals surface area contributed by atoms with Gasteiger partial charge in [-0.25, -0.2) is 0 Å². The molecule has 36 valence electrons. The second kappa shape index (κ2) is 1.65. The second-order valence-corrected chi connectivity index (χ2v) is 2.32. The summed E-state index contributed by atoms with van der Waals surface area (Å²) in [6.07, 6.45) is 0. The summed E-state index contributed by atoms with van der Waals surface area (Å²) in [5.74, 6) is 0. The molecule has 6 heavy (non-hydrogen) atoms. The quantitative estimate of drug-likeness (QED) is 0.386. The molecule has 0 aromatic rings. The fourth-order valence-corrected chi connectivity index (χ4v) is 0. The maximum Gasteiger partial charge on any atom is 0.257 e. The van der Waals surface area contributed by atoms with Crippen molar-refractivity contribution in [2.75, 3.05) is 0 Å². The van der Waals surface area contributed by atoms with Crippen molar-refractivity contribution in [1.29, 1.82) is 0 Å². The lowest BCUT2D eigenvalue weighted by Crippen LogP contribution is -2.16. The van der Waals surface area contributed by atoms with Gasteiger partial charge in [-0.1, -0.05) is 0 Å². The van der Waals surface area contributed by atoms with Crippen LogP contribution in [0.2, 0.25) is 0 Å². The molecule has 0 spiro atoms. The van der Waals surface area contributed by atoms with Gasteiger partial charge in [0.05, 0.1) is 0 Å². The molecule has 0 saturated heterocycles. The molecule has 0 aliphatic heterocycles. The Morgan fingerprint density at radius 2 is 1.50 bits per heavy atom. The predicted molar refractivity (Wildman–Crippen MR) is 29.4 cm³/mol. The van der Waals surface area contributed by atoms with Crippen LogP contribution in [0.3, 0.4) is 0 Å². The molecule has 0 aliphatic rings. The van der Waals surface area contributed by atoms with Crippen molar-refractivity contribution in [3.63, 3.8) is 0 Å². The van der Waals surface area contributed by atoms with Crippen LogP contribution < -0.4 is 0 Å². The van der Waals surface area contributed by atoms with Gasteiger partial charge in [0.25, 0.3) is 8.05 Å². The Labute approximate surface area is 40.1 Å². The van der Waals surface area contributed by atoms with E-state index >= 15 is 0 Å². The van der Waals surface area contributed by atoms with E-state index < -0.39 is 0 Å². The van der Waals surface area contributed by atoms with E-state index in [1.165, 1.54) is 0 Å². The summed E-state index contributed by atoms with van der Waals surface area (Å²) < 4.78 is 4.94. The zero-order valence-electron chi connectivity index (χ0n) is 4.91. The van der Waals surface area contributed by atoms with Gasteiger partial charge in [-0.3, -0.25) is 0 Å². The van der Waals surface area contributed by atoms with E-state index in [0.29, 0.717) is 0 Å². The first-order valence-electron chi connectivity index (χ1n) is 2.11. The summed E-state index contributed by atoms with van der Waals surface area (Å²) >= 11 is 0. The van der Waals surface area contributed by atoms with Crippen LogP contribution in [0.5, 0.6) is 0 Å². The van der Waals surface area contributed by atoms with Gasteiger partial charge in [-0.15, -0.1) is 0 Å². The van der Waals surface area contributed by atoms with Gasteiger partial charge in [-0.2, -0.15) is 0 Å². The Morgan fingerprint density at radius 1 is 1.33 bits per heavy atom. The lowest BCUT2D eigenvalue weighted by Gasteiger charge is -2.15. The van der Waals surface area contributed by atoms with Gasteiger partial charge in [-0.05, 0) is 20.8 Å². The first kappa shape index (κ1) is 6.02. The van der Waals surface area contributed by atoms with E-state index in [1.54, 1.807) is 8.05 Å². The number of rotatable bonds is 0. The average Bonchev–Trinajstić information content (AvgIpc) is 1.35. The van der Waals surface area contributed by atoms with E-state index in [9.17, 15) is 0 Å². The topological polar surface area (TPSA) is 9.23 Å². The molecule has 0 amide bonds. The number of hydrogen-bond donors (Lipinski definition) is 0. The highest BCUT2D eigenvalue weighted by atomic mass is 16.4. The van der Waals surface area contributed by atoms with Crippen LogP contribution in [0.25, 0.3) is 0 Å². The largest absolute Gasteiger partial charge is 0.440 e. The van der Waals surface area contributed by atoms with Gasteiger partial charge < -0.3 is 4.65 Å². The molecule has 0 rings (SSSR count). The molecule has 0 N–H and O–H groups in total. The van der Waals surface area contributed by atoms with Crippen LogP contribution in [0, 0.1) is 0 Å². The van der Waals surface area contributed by atoms with Crippen molar-refractivity contribution in [3.8, 4) is 0 Å². The fourth-order valence-electron chi connectivity index (χ4n) is 0. The molecule has 0 bridgehead atoms. The van der Waals surface area contributed by atoms with Gasteiger partial charge in [0.15, 0.2) is 0 Å². The summed E-state index contributed by atoms with van der Waals surface area (Å²) in [6, 6.07) is 0. The molecular weight excluding hydrogens is 74.9 g/mol. The molecule has 0 aromatic carbocycles. The minimum Gasteiger partial charge on any atom is -0.440 e. The molecule has 0 fully saturated rings. The third-order valence-corrected chi connectivity index (χ3v) is 0.612. The van der Waals surface area contributed by atoms with Crippen LogP contribution in [0.4, 0.5) is 0 Å². The summed E-state index contributed by atoms with van der Waals surface area (Å²) in [6.45, 7) is 6.06. The molecule has 0 aromatic heterocycles. The third kappa shape index (κ3) is 4.02. The average molecular weight is 85.9 g/mol. The molecule has 0 unspecified atom stereocenters. The summed E-state index contributed by atoms with van der Waals surface area (Å²) in [5, 5.41) is 0. The van der Waals surface area contributed by atoms with Gasteiger partial charge in [0.1, 0.15) is 0 Å². The van der Waals surface area contributed by atoms with E-state index in [-0.39, 0.29) is 5.60 Å². The molecule has 1 nitrogen and oxygen atoms in total. The molecular formula is C4H11BO. The molecule has 0 atom stereocenters. The standard InChI is InChI=1S/C4H11BO/c1-4(2,3)6-5/h5H2,1-3H3. The Bertz CT molecular complexity index is 37.3. The zero-order valence-corrected chi connectivity index (χ0v) is 4.91. The second-order valence-electron chi connectivity index (χ2n) is 2.32. The third-order valence-electron chi connectivity index (χ3n) is 0.612. The van der Waals surface area contributed by atoms with Gasteiger partial charge in [0.2, 0.25) is 0 Å². The monoisotopic (exact) mass is 86.1 g/mol. The molecule has 0 aliphatic carbocycles. The van der Waals surface area contributed by atoms with Crippen LogP contribution in [-0.4, -0.2) is 13.7 Å². The van der Waals surface area contributed by atoms with Crippen molar-refractivity contribution in [2.24, 2.45) is 0 Å². The Balaban J connectivity index is 3.17. The predicted octanol–water partition coefficient (Wildman–Crippen LogP) is 0.350. The number of hydrogen-bond acceptors (Lipinski definition) is 1. The summed E-state index contributed by atoms with van der Waals surface area (Å²) in [4.78, 5) is 0. The normalized spacial score (nSPS) is 11.8. The maximum atomic E-state index is 4.94. The summed E-state index contributed by atoms with van der Waals surface area (Å²) in [5.41, 5.74) is 0.0417. The van der Waals surface area contributed by atoms with E-state index in [1.807, 2.05) is 20.8 Å². The SMILES string of the molecule is BOC(C)(C)C. The van der Waals surface area contributed by atoms with Crippen molar-refractivity contribution in [3.05, 3.63) is 0 Å². The Kier molecular flexibility index (Phi) is 1.66. The highest BCUT2D eigenvalue weighted by molar-refractivity contribution is 5.98. The molecule has 0 heterocycles. The van der Waals surface area contributed by atoms with Crippen molar-refractivity contribution >= 4 is 8.05 Å². The summed E-state index contributed by atoms with van der Waals surface area (Å²) in [7, 11) is 1.71. The van der Waals surface area contributed by atoms with Gasteiger partial charge >= 0.3 is 0 Å². The van der Waals surface area contributed by atoms with Crippen LogP contribution in [-0.2, 0) is 4.65 Å². The lowest BCUT2D eigenvalue weighted by atomic mass is 10.2. The van der Waals surface area contributed by atoms with Crippen LogP contribution in [0.1, 0.15) is 20.8 Å².